The fourth-order valence-corrected chi connectivity index (χ4v) is 8.57. The van der Waals surface area contributed by atoms with E-state index in [1.807, 2.05) is 30.3 Å². The molecule has 0 saturated carbocycles. The van der Waals surface area contributed by atoms with Gasteiger partial charge in [0.05, 0.1) is 16.7 Å². The minimum absolute atomic E-state index is 0.581. The van der Waals surface area contributed by atoms with Crippen LogP contribution in [0, 0.1) is 0 Å². The summed E-state index contributed by atoms with van der Waals surface area (Å²) >= 11 is 0. The highest BCUT2D eigenvalue weighted by atomic mass is 16.3. The molecule has 0 aliphatic heterocycles. The van der Waals surface area contributed by atoms with E-state index in [1.54, 1.807) is 0 Å². The fourth-order valence-electron chi connectivity index (χ4n) is 8.57. The number of rotatable bonds is 4. The highest BCUT2D eigenvalue weighted by Crippen LogP contribution is 2.41. The van der Waals surface area contributed by atoms with Crippen molar-refractivity contribution in [2.45, 2.75) is 0 Å². The number of fused-ring (bicyclic) bond motifs is 10. The van der Waals surface area contributed by atoms with Crippen LogP contribution in [0.1, 0.15) is 0 Å². The Morgan fingerprint density at radius 2 is 1.00 bits per heavy atom. The van der Waals surface area contributed by atoms with Gasteiger partial charge >= 0.3 is 0 Å². The zero-order valence-corrected chi connectivity index (χ0v) is 30.0. The van der Waals surface area contributed by atoms with Crippen LogP contribution >= 0.6 is 0 Å². The molecule has 0 amide bonds. The number of nitrogens with zero attached hydrogens (tertiary/aromatic N) is 4. The molecular weight excluding hydrogens is 685 g/mol. The Hall–Kier alpha value is -7.63. The molecule has 0 saturated heterocycles. The number of hydrogen-bond acceptors (Lipinski definition) is 4. The molecule has 0 aliphatic rings. The van der Waals surface area contributed by atoms with Crippen molar-refractivity contribution in [2.24, 2.45) is 0 Å². The molecule has 3 heterocycles. The number of benzene rings is 9. The van der Waals surface area contributed by atoms with E-state index in [-0.39, 0.29) is 0 Å². The van der Waals surface area contributed by atoms with Gasteiger partial charge in [-0.15, -0.1) is 0 Å². The van der Waals surface area contributed by atoms with Gasteiger partial charge in [-0.05, 0) is 68.7 Å². The van der Waals surface area contributed by atoms with Crippen molar-refractivity contribution >= 4 is 76.1 Å². The molecule has 0 aliphatic carbocycles. The molecule has 0 unspecified atom stereocenters. The van der Waals surface area contributed by atoms with E-state index in [0.29, 0.717) is 17.5 Å². The standard InChI is InChI=1S/C51H30N4O/c1-2-13-32(14-3-1)49-52-50(36-24-25-39-35(26-36)23-22-31-12-6-7-17-38(31)39)54-51(53-49)43-29-37(30-47-48(43)41-19-9-11-21-46(41)56-47)55-44-20-10-8-18-40(44)42-27-33-15-4-5-16-34(33)28-45(42)55/h1-30H. The Morgan fingerprint density at radius 3 is 1.86 bits per heavy atom. The molecule has 9 aromatic carbocycles. The second-order valence-electron chi connectivity index (χ2n) is 14.4. The van der Waals surface area contributed by atoms with Crippen LogP contribution < -0.4 is 0 Å². The van der Waals surface area contributed by atoms with Gasteiger partial charge in [0.15, 0.2) is 17.5 Å². The minimum Gasteiger partial charge on any atom is -0.456 e. The molecule has 56 heavy (non-hydrogen) atoms. The summed E-state index contributed by atoms with van der Waals surface area (Å²) in [7, 11) is 0. The van der Waals surface area contributed by atoms with Crippen LogP contribution in [0.3, 0.4) is 0 Å². The molecule has 0 bridgehead atoms. The van der Waals surface area contributed by atoms with Crippen LogP contribution in [0.2, 0.25) is 0 Å². The lowest BCUT2D eigenvalue weighted by molar-refractivity contribution is 0.668. The monoisotopic (exact) mass is 714 g/mol. The van der Waals surface area contributed by atoms with Crippen LogP contribution in [-0.4, -0.2) is 19.5 Å². The Balaban J connectivity index is 1.15. The summed E-state index contributed by atoms with van der Waals surface area (Å²) in [6.07, 6.45) is 0. The highest BCUT2D eigenvalue weighted by molar-refractivity contribution is 6.16. The summed E-state index contributed by atoms with van der Waals surface area (Å²) in [6, 6.07) is 63.9. The third kappa shape index (κ3) is 4.71. The molecule has 5 heteroatoms. The maximum atomic E-state index is 6.68. The number of hydrogen-bond donors (Lipinski definition) is 0. The van der Waals surface area contributed by atoms with Crippen molar-refractivity contribution in [1.29, 1.82) is 0 Å². The van der Waals surface area contributed by atoms with E-state index < -0.39 is 0 Å². The SMILES string of the molecule is c1ccc(-c2nc(-c3ccc4c(ccc5ccccc54)c3)nc(-c3cc(-n4c5ccccc5c5cc6ccccc6cc54)cc4oc5ccccc5c34)n2)cc1. The van der Waals surface area contributed by atoms with Gasteiger partial charge in [-0.1, -0.05) is 140 Å². The van der Waals surface area contributed by atoms with E-state index in [4.69, 9.17) is 19.4 Å². The lowest BCUT2D eigenvalue weighted by Gasteiger charge is -2.13. The maximum Gasteiger partial charge on any atom is 0.164 e. The predicted molar refractivity (Wildman–Crippen MR) is 230 cm³/mol. The molecule has 0 N–H and O–H groups in total. The van der Waals surface area contributed by atoms with Gasteiger partial charge in [-0.25, -0.2) is 15.0 Å². The lowest BCUT2D eigenvalue weighted by Crippen LogP contribution is -2.02. The number of aromatic nitrogens is 4. The van der Waals surface area contributed by atoms with Crippen molar-refractivity contribution < 1.29 is 4.42 Å². The molecule has 0 atom stereocenters. The van der Waals surface area contributed by atoms with Crippen molar-refractivity contribution in [1.82, 2.24) is 19.5 Å². The van der Waals surface area contributed by atoms with Gasteiger partial charge in [0.2, 0.25) is 0 Å². The summed E-state index contributed by atoms with van der Waals surface area (Å²) in [6.45, 7) is 0. The first-order chi connectivity index (χ1) is 27.7. The molecule has 3 aromatic heterocycles. The maximum absolute atomic E-state index is 6.68. The topological polar surface area (TPSA) is 56.7 Å². The normalized spacial score (nSPS) is 11.9. The predicted octanol–water partition coefficient (Wildman–Crippen LogP) is 13.3. The first-order valence-electron chi connectivity index (χ1n) is 18.8. The molecule has 12 aromatic rings. The largest absolute Gasteiger partial charge is 0.456 e. The first kappa shape index (κ1) is 30.8. The van der Waals surface area contributed by atoms with E-state index in [9.17, 15) is 0 Å². The van der Waals surface area contributed by atoms with Gasteiger partial charge in [-0.3, -0.25) is 0 Å². The average molecular weight is 715 g/mol. The summed E-state index contributed by atoms with van der Waals surface area (Å²) in [5.74, 6) is 1.80. The van der Waals surface area contributed by atoms with Gasteiger partial charge in [-0.2, -0.15) is 0 Å². The fraction of sp³-hybridized carbons (Fsp3) is 0. The van der Waals surface area contributed by atoms with Crippen molar-refractivity contribution in [3.8, 4) is 39.9 Å². The second kappa shape index (κ2) is 11.9. The number of para-hydroxylation sites is 2. The summed E-state index contributed by atoms with van der Waals surface area (Å²) in [4.78, 5) is 15.7. The molecule has 12 rings (SSSR count). The quantitative estimate of drug-likeness (QED) is 0.170. The van der Waals surface area contributed by atoms with E-state index in [1.165, 1.54) is 37.7 Å². The zero-order valence-electron chi connectivity index (χ0n) is 30.0. The molecule has 0 spiro atoms. The highest BCUT2D eigenvalue weighted by Gasteiger charge is 2.22. The van der Waals surface area contributed by atoms with E-state index in [0.717, 1.165) is 60.7 Å². The van der Waals surface area contributed by atoms with Crippen molar-refractivity contribution in [3.63, 3.8) is 0 Å². The van der Waals surface area contributed by atoms with Gasteiger partial charge in [0.1, 0.15) is 11.2 Å². The van der Waals surface area contributed by atoms with E-state index >= 15 is 0 Å². The van der Waals surface area contributed by atoms with Gasteiger partial charge in [0, 0.05) is 44.3 Å². The van der Waals surface area contributed by atoms with Crippen LogP contribution in [0.15, 0.2) is 186 Å². The second-order valence-corrected chi connectivity index (χ2v) is 14.4. The Morgan fingerprint density at radius 1 is 0.357 bits per heavy atom. The van der Waals surface area contributed by atoms with Gasteiger partial charge in [0.25, 0.3) is 0 Å². The first-order valence-corrected chi connectivity index (χ1v) is 18.8. The van der Waals surface area contributed by atoms with E-state index in [2.05, 4.69) is 156 Å². The number of furan rings is 1. The van der Waals surface area contributed by atoms with Crippen LogP contribution in [0.5, 0.6) is 0 Å². The Bertz CT molecular complexity index is 3540. The third-order valence-corrected chi connectivity index (χ3v) is 11.2. The van der Waals surface area contributed by atoms with Crippen molar-refractivity contribution in [3.05, 3.63) is 182 Å². The Labute approximate surface area is 320 Å². The smallest absolute Gasteiger partial charge is 0.164 e. The molecular formula is C51H30N4O. The molecule has 260 valence electrons. The molecule has 5 nitrogen and oxygen atoms in total. The van der Waals surface area contributed by atoms with Crippen LogP contribution in [0.4, 0.5) is 0 Å². The average Bonchev–Trinajstić information content (AvgIpc) is 3.80. The van der Waals surface area contributed by atoms with Crippen LogP contribution in [-0.2, 0) is 0 Å². The summed E-state index contributed by atoms with van der Waals surface area (Å²) in [5, 5.41) is 11.5. The third-order valence-electron chi connectivity index (χ3n) is 11.2. The lowest BCUT2D eigenvalue weighted by atomic mass is 10.00. The molecule has 0 fully saturated rings. The minimum atomic E-state index is 0.581. The van der Waals surface area contributed by atoms with Gasteiger partial charge < -0.3 is 8.98 Å². The van der Waals surface area contributed by atoms with Crippen molar-refractivity contribution in [2.75, 3.05) is 0 Å². The summed E-state index contributed by atoms with van der Waals surface area (Å²) < 4.78 is 9.02. The Kier molecular flexibility index (Phi) is 6.56. The summed E-state index contributed by atoms with van der Waals surface area (Å²) in [5.41, 5.74) is 7.51. The molecule has 0 radical (unpaired) electrons. The zero-order chi connectivity index (χ0) is 36.7. The van der Waals surface area contributed by atoms with Crippen LogP contribution in [0.25, 0.3) is 116 Å².